The van der Waals surface area contributed by atoms with E-state index in [1.54, 1.807) is 17.4 Å². The van der Waals surface area contributed by atoms with E-state index < -0.39 is 6.04 Å². The van der Waals surface area contributed by atoms with Crippen LogP contribution in [0, 0.1) is 6.92 Å². The number of aryl methyl sites for hydroxylation is 1. The molecule has 0 saturated heterocycles. The van der Waals surface area contributed by atoms with Crippen molar-refractivity contribution in [1.82, 2.24) is 5.32 Å². The molecular weight excluding hydrogens is 294 g/mol. The van der Waals surface area contributed by atoms with Gasteiger partial charge in [0.15, 0.2) is 0 Å². The Kier molecular flexibility index (Phi) is 5.17. The van der Waals surface area contributed by atoms with Crippen LogP contribution in [-0.4, -0.2) is 13.1 Å². The van der Waals surface area contributed by atoms with Crippen LogP contribution in [0.25, 0.3) is 0 Å². The van der Waals surface area contributed by atoms with Gasteiger partial charge in [0.25, 0.3) is 0 Å². The Labute approximate surface area is 127 Å². The van der Waals surface area contributed by atoms with Crippen molar-refractivity contribution in [2.45, 2.75) is 19.5 Å². The van der Waals surface area contributed by atoms with Gasteiger partial charge in [0, 0.05) is 16.4 Å². The summed E-state index contributed by atoms with van der Waals surface area (Å²) in [5.74, 6) is -0.299. The first-order valence-corrected chi connectivity index (χ1v) is 7.47. The maximum atomic E-state index is 12.0. The second kappa shape index (κ2) is 6.88. The molecule has 20 heavy (non-hydrogen) atoms. The number of ether oxygens (including phenoxy) is 1. The van der Waals surface area contributed by atoms with Crippen molar-refractivity contribution in [3.8, 4) is 0 Å². The highest BCUT2D eigenvalue weighted by Gasteiger charge is 2.22. The molecule has 1 aromatic carbocycles. The Morgan fingerprint density at radius 3 is 2.85 bits per heavy atom. The average molecular weight is 310 g/mol. The van der Waals surface area contributed by atoms with E-state index in [1.807, 2.05) is 36.6 Å². The first-order chi connectivity index (χ1) is 9.61. The quantitative estimate of drug-likeness (QED) is 0.856. The van der Waals surface area contributed by atoms with E-state index in [1.165, 1.54) is 12.0 Å². The number of halogens is 1. The fraction of sp³-hybridized carbons (Fsp3) is 0.267. The van der Waals surface area contributed by atoms with Crippen LogP contribution in [0.5, 0.6) is 0 Å². The molecule has 1 atom stereocenters. The van der Waals surface area contributed by atoms with Gasteiger partial charge in [0.1, 0.15) is 6.04 Å². The molecule has 0 radical (unpaired) electrons. The van der Waals surface area contributed by atoms with Gasteiger partial charge in [-0.05, 0) is 41.6 Å². The lowest BCUT2D eigenvalue weighted by molar-refractivity contribution is -0.143. The van der Waals surface area contributed by atoms with Crippen LogP contribution in [0.4, 0.5) is 0 Å². The van der Waals surface area contributed by atoms with Gasteiger partial charge in [-0.2, -0.15) is 0 Å². The highest BCUT2D eigenvalue weighted by atomic mass is 35.5. The van der Waals surface area contributed by atoms with E-state index in [0.29, 0.717) is 11.6 Å². The molecule has 1 unspecified atom stereocenters. The van der Waals surface area contributed by atoms with Gasteiger partial charge in [-0.25, -0.2) is 4.79 Å². The molecule has 0 bridgehead atoms. The summed E-state index contributed by atoms with van der Waals surface area (Å²) in [7, 11) is 1.40. The van der Waals surface area contributed by atoms with E-state index in [2.05, 4.69) is 5.32 Å². The number of rotatable bonds is 5. The van der Waals surface area contributed by atoms with E-state index in [0.717, 1.165) is 11.1 Å². The number of benzene rings is 1. The zero-order chi connectivity index (χ0) is 14.5. The minimum absolute atomic E-state index is 0.299. The average Bonchev–Trinajstić information content (AvgIpc) is 2.93. The van der Waals surface area contributed by atoms with Crippen molar-refractivity contribution < 1.29 is 9.53 Å². The molecule has 2 rings (SSSR count). The maximum absolute atomic E-state index is 12.0. The van der Waals surface area contributed by atoms with Crippen LogP contribution in [0.1, 0.15) is 22.0 Å². The topological polar surface area (TPSA) is 38.3 Å². The van der Waals surface area contributed by atoms with E-state index >= 15 is 0 Å². The molecule has 3 nitrogen and oxygen atoms in total. The van der Waals surface area contributed by atoms with Crippen LogP contribution in [0.15, 0.2) is 35.7 Å². The van der Waals surface area contributed by atoms with Gasteiger partial charge < -0.3 is 4.74 Å². The van der Waals surface area contributed by atoms with Gasteiger partial charge in [-0.1, -0.05) is 23.7 Å². The third-order valence-corrected chi connectivity index (χ3v) is 4.15. The summed E-state index contributed by atoms with van der Waals surface area (Å²) in [4.78, 5) is 13.2. The molecule has 106 valence electrons. The Morgan fingerprint density at radius 1 is 1.45 bits per heavy atom. The summed E-state index contributed by atoms with van der Waals surface area (Å²) < 4.78 is 4.89. The third-order valence-electron chi connectivity index (χ3n) is 3.04. The standard InChI is InChI=1S/C15H16ClNO2S/c1-10-8-11(16)5-6-13(10)14(15(18)19-2)17-9-12-4-3-7-20-12/h3-8,14,17H,9H2,1-2H3. The van der Waals surface area contributed by atoms with Crippen LogP contribution < -0.4 is 5.32 Å². The number of esters is 1. The maximum Gasteiger partial charge on any atom is 0.327 e. The zero-order valence-electron chi connectivity index (χ0n) is 11.4. The van der Waals surface area contributed by atoms with Crippen molar-refractivity contribution >= 4 is 28.9 Å². The summed E-state index contributed by atoms with van der Waals surface area (Å²) in [5, 5.41) is 5.91. The highest BCUT2D eigenvalue weighted by Crippen LogP contribution is 2.23. The van der Waals surface area contributed by atoms with Crippen LogP contribution in [0.2, 0.25) is 5.02 Å². The molecule has 1 aromatic heterocycles. The second-order valence-electron chi connectivity index (χ2n) is 4.42. The number of nitrogens with one attached hydrogen (secondary N) is 1. The Bertz CT molecular complexity index is 584. The number of hydrogen-bond acceptors (Lipinski definition) is 4. The van der Waals surface area contributed by atoms with Gasteiger partial charge in [0.2, 0.25) is 0 Å². The minimum Gasteiger partial charge on any atom is -0.468 e. The highest BCUT2D eigenvalue weighted by molar-refractivity contribution is 7.09. The van der Waals surface area contributed by atoms with Crippen LogP contribution >= 0.6 is 22.9 Å². The molecule has 1 N–H and O–H groups in total. The molecule has 0 aliphatic heterocycles. The van der Waals surface area contributed by atoms with E-state index in [-0.39, 0.29) is 5.97 Å². The van der Waals surface area contributed by atoms with Crippen molar-refractivity contribution in [3.63, 3.8) is 0 Å². The first kappa shape index (κ1) is 15.0. The molecule has 0 saturated carbocycles. The molecule has 0 spiro atoms. The van der Waals surface area contributed by atoms with Gasteiger partial charge in [-0.3, -0.25) is 5.32 Å². The lowest BCUT2D eigenvalue weighted by atomic mass is 10.0. The lowest BCUT2D eigenvalue weighted by Crippen LogP contribution is -2.29. The summed E-state index contributed by atoms with van der Waals surface area (Å²) in [6.07, 6.45) is 0. The molecular formula is C15H16ClNO2S. The van der Waals surface area contributed by atoms with Gasteiger partial charge >= 0.3 is 5.97 Å². The summed E-state index contributed by atoms with van der Waals surface area (Å²) in [5.41, 5.74) is 1.85. The predicted molar refractivity (Wildman–Crippen MR) is 82.1 cm³/mol. The third kappa shape index (κ3) is 3.60. The number of carbonyl (C=O) groups excluding carboxylic acids is 1. The molecule has 0 fully saturated rings. The molecule has 2 aromatic rings. The number of hydrogen-bond donors (Lipinski definition) is 1. The Hall–Kier alpha value is -1.36. The van der Waals surface area contributed by atoms with Crippen molar-refractivity contribution in [2.75, 3.05) is 7.11 Å². The van der Waals surface area contributed by atoms with E-state index in [4.69, 9.17) is 16.3 Å². The first-order valence-electron chi connectivity index (χ1n) is 6.21. The fourth-order valence-corrected chi connectivity index (χ4v) is 2.90. The molecule has 0 aliphatic rings. The fourth-order valence-electron chi connectivity index (χ4n) is 2.02. The summed E-state index contributed by atoms with van der Waals surface area (Å²) >= 11 is 7.61. The molecule has 5 heteroatoms. The smallest absolute Gasteiger partial charge is 0.327 e. The van der Waals surface area contributed by atoms with Crippen molar-refractivity contribution in [3.05, 3.63) is 56.7 Å². The monoisotopic (exact) mass is 309 g/mol. The van der Waals surface area contributed by atoms with Gasteiger partial charge in [-0.15, -0.1) is 11.3 Å². The van der Waals surface area contributed by atoms with Crippen molar-refractivity contribution in [2.24, 2.45) is 0 Å². The van der Waals surface area contributed by atoms with E-state index in [9.17, 15) is 4.79 Å². The number of thiophene rings is 1. The largest absolute Gasteiger partial charge is 0.468 e. The summed E-state index contributed by atoms with van der Waals surface area (Å²) in [6.45, 7) is 2.56. The lowest BCUT2D eigenvalue weighted by Gasteiger charge is -2.18. The van der Waals surface area contributed by atoms with Crippen molar-refractivity contribution in [1.29, 1.82) is 0 Å². The summed E-state index contributed by atoms with van der Waals surface area (Å²) in [6, 6.07) is 9.02. The number of methoxy groups -OCH3 is 1. The Balaban J connectivity index is 2.20. The van der Waals surface area contributed by atoms with Crippen LogP contribution in [-0.2, 0) is 16.1 Å². The molecule has 0 aliphatic carbocycles. The SMILES string of the molecule is COC(=O)C(NCc1cccs1)c1ccc(Cl)cc1C. The van der Waals surface area contributed by atoms with Crippen LogP contribution in [0.3, 0.4) is 0 Å². The number of carbonyl (C=O) groups is 1. The van der Waals surface area contributed by atoms with Gasteiger partial charge in [0.05, 0.1) is 7.11 Å². The second-order valence-corrected chi connectivity index (χ2v) is 5.89. The Morgan fingerprint density at radius 2 is 2.25 bits per heavy atom. The predicted octanol–water partition coefficient (Wildman–Crippen LogP) is 3.71. The molecule has 1 heterocycles. The normalized spacial score (nSPS) is 12.2. The zero-order valence-corrected chi connectivity index (χ0v) is 12.9. The molecule has 0 amide bonds. The minimum atomic E-state index is -0.487.